The van der Waals surface area contributed by atoms with E-state index in [1.165, 1.54) is 0 Å². The fraction of sp³-hybridized carbons (Fsp3) is 0.474. The maximum atomic E-state index is 12.9. The van der Waals surface area contributed by atoms with Crippen molar-refractivity contribution in [2.45, 2.75) is 45.3 Å². The molecule has 0 saturated carbocycles. The van der Waals surface area contributed by atoms with Crippen molar-refractivity contribution >= 4 is 34.6 Å². The SMILES string of the molecule is CC[C@H](C)n1c(SCC(=O)NC(=O)NCC(C)C)nc2ccccc2c1=O. The number of imide groups is 1. The van der Waals surface area contributed by atoms with Crippen molar-refractivity contribution in [3.8, 4) is 0 Å². The van der Waals surface area contributed by atoms with Crippen molar-refractivity contribution in [3.05, 3.63) is 34.6 Å². The molecular formula is C19H26N4O3S. The number of hydrogen-bond donors (Lipinski definition) is 2. The Hall–Kier alpha value is -2.35. The Kier molecular flexibility index (Phi) is 7.41. The highest BCUT2D eigenvalue weighted by molar-refractivity contribution is 7.99. The van der Waals surface area contributed by atoms with Gasteiger partial charge in [-0.15, -0.1) is 0 Å². The molecule has 0 aliphatic heterocycles. The van der Waals surface area contributed by atoms with Crippen LogP contribution in [0.15, 0.2) is 34.2 Å². The third-order valence-corrected chi connectivity index (χ3v) is 5.02. The molecule has 0 spiro atoms. The molecule has 27 heavy (non-hydrogen) atoms. The van der Waals surface area contributed by atoms with Gasteiger partial charge < -0.3 is 5.32 Å². The monoisotopic (exact) mass is 390 g/mol. The van der Waals surface area contributed by atoms with Crippen molar-refractivity contribution in [1.29, 1.82) is 0 Å². The molecule has 146 valence electrons. The second kappa shape index (κ2) is 9.55. The lowest BCUT2D eigenvalue weighted by atomic mass is 10.2. The lowest BCUT2D eigenvalue weighted by Crippen LogP contribution is -2.41. The summed E-state index contributed by atoms with van der Waals surface area (Å²) in [6.07, 6.45) is 0.761. The number of nitrogens with one attached hydrogen (secondary N) is 2. The fourth-order valence-electron chi connectivity index (χ4n) is 2.43. The number of thioether (sulfide) groups is 1. The minimum absolute atomic E-state index is 0.00366. The molecule has 2 rings (SSSR count). The van der Waals surface area contributed by atoms with Gasteiger partial charge in [-0.2, -0.15) is 0 Å². The van der Waals surface area contributed by atoms with E-state index in [2.05, 4.69) is 15.6 Å². The van der Waals surface area contributed by atoms with E-state index < -0.39 is 11.9 Å². The number of amides is 3. The lowest BCUT2D eigenvalue weighted by Gasteiger charge is -2.18. The zero-order chi connectivity index (χ0) is 20.0. The fourth-order valence-corrected chi connectivity index (χ4v) is 3.33. The number of carbonyl (C=O) groups is 2. The van der Waals surface area contributed by atoms with Gasteiger partial charge >= 0.3 is 6.03 Å². The largest absolute Gasteiger partial charge is 0.338 e. The number of fused-ring (bicyclic) bond motifs is 1. The molecule has 1 heterocycles. The molecule has 1 atom stereocenters. The van der Waals surface area contributed by atoms with E-state index in [1.54, 1.807) is 16.7 Å². The van der Waals surface area contributed by atoms with E-state index in [4.69, 9.17) is 0 Å². The van der Waals surface area contributed by atoms with Crippen molar-refractivity contribution in [2.24, 2.45) is 5.92 Å². The van der Waals surface area contributed by atoms with Crippen LogP contribution in [0.2, 0.25) is 0 Å². The average Bonchev–Trinajstić information content (AvgIpc) is 2.64. The summed E-state index contributed by atoms with van der Waals surface area (Å²) in [6.45, 7) is 8.37. The molecule has 0 saturated heterocycles. The summed E-state index contributed by atoms with van der Waals surface area (Å²) in [7, 11) is 0. The standard InChI is InChI=1S/C19H26N4O3S/c1-5-13(4)23-17(25)14-8-6-7-9-15(14)21-19(23)27-11-16(24)22-18(26)20-10-12(2)3/h6-9,12-13H,5,10-11H2,1-4H3,(H2,20,22,24,26)/t13-/m0/s1. The summed E-state index contributed by atoms with van der Waals surface area (Å²) in [6, 6.07) is 6.60. The Morgan fingerprint density at radius 3 is 2.59 bits per heavy atom. The van der Waals surface area contributed by atoms with Crippen LogP contribution in [0.3, 0.4) is 0 Å². The molecule has 3 amide bonds. The summed E-state index contributed by atoms with van der Waals surface area (Å²) in [4.78, 5) is 41.2. The van der Waals surface area contributed by atoms with E-state index in [0.717, 1.165) is 18.2 Å². The Balaban J connectivity index is 2.16. The normalized spacial score (nSPS) is 12.2. The zero-order valence-electron chi connectivity index (χ0n) is 16.1. The molecule has 0 fully saturated rings. The zero-order valence-corrected chi connectivity index (χ0v) is 16.9. The van der Waals surface area contributed by atoms with Crippen LogP contribution in [-0.2, 0) is 4.79 Å². The molecule has 7 nitrogen and oxygen atoms in total. The van der Waals surface area contributed by atoms with E-state index in [9.17, 15) is 14.4 Å². The molecule has 8 heteroatoms. The minimum Gasteiger partial charge on any atom is -0.338 e. The van der Waals surface area contributed by atoms with Crippen LogP contribution in [0.5, 0.6) is 0 Å². The van der Waals surface area contributed by atoms with E-state index in [0.29, 0.717) is 28.5 Å². The minimum atomic E-state index is -0.514. The highest BCUT2D eigenvalue weighted by Gasteiger charge is 2.17. The van der Waals surface area contributed by atoms with Gasteiger partial charge in [-0.25, -0.2) is 9.78 Å². The highest BCUT2D eigenvalue weighted by atomic mass is 32.2. The van der Waals surface area contributed by atoms with Crippen LogP contribution in [0.25, 0.3) is 10.9 Å². The lowest BCUT2D eigenvalue weighted by molar-refractivity contribution is -0.117. The third-order valence-electron chi connectivity index (χ3n) is 4.06. The van der Waals surface area contributed by atoms with E-state index in [1.807, 2.05) is 39.8 Å². The number of rotatable bonds is 7. The first kappa shape index (κ1) is 21.0. The van der Waals surface area contributed by atoms with Gasteiger partial charge in [0, 0.05) is 12.6 Å². The number of nitrogens with zero attached hydrogens (tertiary/aromatic N) is 2. The first-order chi connectivity index (χ1) is 12.8. The van der Waals surface area contributed by atoms with Gasteiger partial charge in [-0.1, -0.05) is 44.7 Å². The summed E-state index contributed by atoms with van der Waals surface area (Å²) in [5.74, 6) is -0.137. The van der Waals surface area contributed by atoms with Gasteiger partial charge in [0.2, 0.25) is 5.91 Å². The first-order valence-electron chi connectivity index (χ1n) is 9.05. The highest BCUT2D eigenvalue weighted by Crippen LogP contribution is 2.22. The van der Waals surface area contributed by atoms with Gasteiger partial charge in [0.05, 0.1) is 16.7 Å². The van der Waals surface area contributed by atoms with Crippen molar-refractivity contribution in [1.82, 2.24) is 20.2 Å². The Morgan fingerprint density at radius 2 is 1.93 bits per heavy atom. The topological polar surface area (TPSA) is 93.1 Å². The van der Waals surface area contributed by atoms with Gasteiger partial charge in [0.1, 0.15) is 0 Å². The number of aromatic nitrogens is 2. The maximum absolute atomic E-state index is 12.9. The maximum Gasteiger partial charge on any atom is 0.321 e. The summed E-state index contributed by atoms with van der Waals surface area (Å²) >= 11 is 1.15. The number of carbonyl (C=O) groups excluding carboxylic acids is 2. The Labute approximate surface area is 162 Å². The van der Waals surface area contributed by atoms with Crippen LogP contribution in [0, 0.1) is 5.92 Å². The Bertz CT molecular complexity index is 879. The molecular weight excluding hydrogens is 364 g/mol. The van der Waals surface area contributed by atoms with Gasteiger partial charge in [-0.3, -0.25) is 19.5 Å². The molecule has 0 aliphatic rings. The number of para-hydroxylation sites is 1. The third kappa shape index (κ3) is 5.56. The summed E-state index contributed by atoms with van der Waals surface area (Å²) in [5, 5.41) is 5.96. The van der Waals surface area contributed by atoms with Crippen LogP contribution < -0.4 is 16.2 Å². The molecule has 0 bridgehead atoms. The predicted octanol–water partition coefficient (Wildman–Crippen LogP) is 2.94. The van der Waals surface area contributed by atoms with E-state index >= 15 is 0 Å². The number of urea groups is 1. The number of benzene rings is 1. The van der Waals surface area contributed by atoms with Crippen LogP contribution in [-0.4, -0.2) is 33.8 Å². The van der Waals surface area contributed by atoms with Crippen LogP contribution in [0.1, 0.15) is 40.2 Å². The molecule has 0 aliphatic carbocycles. The molecule has 2 N–H and O–H groups in total. The van der Waals surface area contributed by atoms with Gasteiger partial charge in [0.15, 0.2) is 5.16 Å². The van der Waals surface area contributed by atoms with Crippen molar-refractivity contribution in [2.75, 3.05) is 12.3 Å². The average molecular weight is 391 g/mol. The van der Waals surface area contributed by atoms with Gasteiger partial charge in [0.25, 0.3) is 5.56 Å². The first-order valence-corrected chi connectivity index (χ1v) is 10.0. The molecule has 2 aromatic rings. The summed E-state index contributed by atoms with van der Waals surface area (Å²) in [5.41, 5.74) is 0.479. The van der Waals surface area contributed by atoms with Crippen LogP contribution >= 0.6 is 11.8 Å². The Morgan fingerprint density at radius 1 is 1.22 bits per heavy atom. The summed E-state index contributed by atoms with van der Waals surface area (Å²) < 4.78 is 1.62. The number of hydrogen-bond acceptors (Lipinski definition) is 5. The van der Waals surface area contributed by atoms with Crippen LogP contribution in [0.4, 0.5) is 4.79 Å². The molecule has 0 unspecified atom stereocenters. The van der Waals surface area contributed by atoms with Gasteiger partial charge in [-0.05, 0) is 31.4 Å². The van der Waals surface area contributed by atoms with Crippen molar-refractivity contribution < 1.29 is 9.59 Å². The second-order valence-corrected chi connectivity index (χ2v) is 7.73. The van der Waals surface area contributed by atoms with Crippen molar-refractivity contribution in [3.63, 3.8) is 0 Å². The molecule has 1 aromatic heterocycles. The quantitative estimate of drug-likeness (QED) is 0.560. The molecule has 0 radical (unpaired) electrons. The predicted molar refractivity (Wildman–Crippen MR) is 108 cm³/mol. The smallest absolute Gasteiger partial charge is 0.321 e. The second-order valence-electron chi connectivity index (χ2n) is 6.78. The molecule has 1 aromatic carbocycles. The van der Waals surface area contributed by atoms with E-state index in [-0.39, 0.29) is 17.4 Å².